The quantitative estimate of drug-likeness (QED) is 0.129. The third-order valence-corrected chi connectivity index (χ3v) is 12.1. The summed E-state index contributed by atoms with van der Waals surface area (Å²) in [5, 5.41) is 0. The molecule has 0 N–H and O–H groups in total. The molecule has 0 unspecified atom stereocenters. The molecule has 4 aliphatic rings. The van der Waals surface area contributed by atoms with Crippen molar-refractivity contribution in [3.63, 3.8) is 0 Å². The van der Waals surface area contributed by atoms with Gasteiger partial charge in [0.2, 0.25) is 0 Å². The molecule has 10 rings (SSSR count). The van der Waals surface area contributed by atoms with E-state index in [1.54, 1.807) is 0 Å². The van der Waals surface area contributed by atoms with Crippen molar-refractivity contribution in [3.05, 3.63) is 272 Å². The smallest absolute Gasteiger partial charge is 0.195 e. The number of aryl methyl sites for hydroxylation is 3. The molecule has 0 spiro atoms. The lowest BCUT2D eigenvalue weighted by atomic mass is 9.88. The second-order valence-corrected chi connectivity index (χ2v) is 16.6. The zero-order chi connectivity index (χ0) is 43.7. The first-order valence-electron chi connectivity index (χ1n) is 21.8. The van der Waals surface area contributed by atoms with Gasteiger partial charge in [0.25, 0.3) is 0 Å². The van der Waals surface area contributed by atoms with Gasteiger partial charge in [-0.2, -0.15) is 0 Å². The fourth-order valence-electron chi connectivity index (χ4n) is 9.33. The van der Waals surface area contributed by atoms with Crippen molar-refractivity contribution in [3.8, 4) is 11.5 Å². The number of carbonyl (C=O) groups is 2. The van der Waals surface area contributed by atoms with Gasteiger partial charge in [-0.05, 0) is 121 Å². The molecule has 6 aromatic rings. The molecule has 64 heavy (non-hydrogen) atoms. The molecule has 0 bridgehead atoms. The summed E-state index contributed by atoms with van der Waals surface area (Å²) in [5.41, 5.74) is 23.3. The first-order valence-corrected chi connectivity index (χ1v) is 21.8. The zero-order valence-electron chi connectivity index (χ0n) is 36.0. The highest BCUT2D eigenvalue weighted by Crippen LogP contribution is 2.51. The van der Waals surface area contributed by atoms with Crippen LogP contribution in [0.2, 0.25) is 0 Å². The number of ether oxygens (including phenoxy) is 1. The maximum atomic E-state index is 14.8. The molecule has 3 heteroatoms. The fourth-order valence-corrected chi connectivity index (χ4v) is 9.33. The summed E-state index contributed by atoms with van der Waals surface area (Å²) in [6, 6.07) is 51.0. The molecule has 6 aromatic carbocycles. The number of hydrogen-bond acceptors (Lipinski definition) is 3. The van der Waals surface area contributed by atoms with Crippen molar-refractivity contribution < 1.29 is 14.3 Å². The standard InChI is InChI=1S/C61H44O3/c1-39-24-26-46(27-25-39)52-53(57(43-18-10-5-11-19-43)60(62)56(52)42-16-8-4-9-17-42)47-28-32-50(33-29-47)64-51-34-30-48(31-35-51)54-55(49-37-40(2)36-41(3)38-49)59(45-22-14-7-15-23-45)61(63)58(54)44-20-12-6-13-21-44/h6-8,10,12-38H,4,9H2,1-3H3. The highest BCUT2D eigenvalue weighted by molar-refractivity contribution is 6.59. The molecule has 306 valence electrons. The number of rotatable bonds is 10. The Balaban J connectivity index is 1.04. The molecule has 0 fully saturated rings. The lowest BCUT2D eigenvalue weighted by Crippen LogP contribution is -2.07. The van der Waals surface area contributed by atoms with Crippen molar-refractivity contribution in [1.29, 1.82) is 0 Å². The Labute approximate surface area is 374 Å². The second kappa shape index (κ2) is 17.0. The zero-order valence-corrected chi connectivity index (χ0v) is 36.0. The highest BCUT2D eigenvalue weighted by atomic mass is 16.5. The molecule has 0 aliphatic heterocycles. The Morgan fingerprint density at radius 2 is 0.891 bits per heavy atom. The molecule has 0 atom stereocenters. The van der Waals surface area contributed by atoms with E-state index in [-0.39, 0.29) is 11.6 Å². The van der Waals surface area contributed by atoms with Crippen LogP contribution < -0.4 is 4.74 Å². The van der Waals surface area contributed by atoms with Gasteiger partial charge in [0.1, 0.15) is 11.5 Å². The first-order chi connectivity index (χ1) is 31.3. The van der Waals surface area contributed by atoms with Gasteiger partial charge in [0.15, 0.2) is 11.6 Å². The van der Waals surface area contributed by atoms with Crippen molar-refractivity contribution in [1.82, 2.24) is 0 Å². The molecule has 0 saturated heterocycles. The van der Waals surface area contributed by atoms with E-state index in [1.165, 1.54) is 0 Å². The lowest BCUT2D eigenvalue weighted by molar-refractivity contribution is -0.111. The topological polar surface area (TPSA) is 43.4 Å². The molecular weight excluding hydrogens is 781 g/mol. The third-order valence-electron chi connectivity index (χ3n) is 12.1. The summed E-state index contributed by atoms with van der Waals surface area (Å²) in [4.78, 5) is 29.6. The predicted octanol–water partition coefficient (Wildman–Crippen LogP) is 14.4. The minimum Gasteiger partial charge on any atom is -0.457 e. The maximum absolute atomic E-state index is 14.8. The first kappa shape index (κ1) is 40.0. The van der Waals surface area contributed by atoms with E-state index in [2.05, 4.69) is 105 Å². The van der Waals surface area contributed by atoms with Gasteiger partial charge in [-0.15, -0.1) is 0 Å². The third kappa shape index (κ3) is 7.50. The Morgan fingerprint density at radius 1 is 0.422 bits per heavy atom. The lowest BCUT2D eigenvalue weighted by Gasteiger charge is -2.16. The molecule has 3 nitrogen and oxygen atoms in total. The molecule has 0 amide bonds. The second-order valence-electron chi connectivity index (χ2n) is 16.6. The summed E-state index contributed by atoms with van der Waals surface area (Å²) >= 11 is 0. The molecular formula is C61H44O3. The van der Waals surface area contributed by atoms with Gasteiger partial charge in [-0.25, -0.2) is 0 Å². The van der Waals surface area contributed by atoms with Crippen molar-refractivity contribution in [2.75, 3.05) is 0 Å². The number of ketones is 2. The van der Waals surface area contributed by atoms with Crippen LogP contribution >= 0.6 is 0 Å². The molecule has 0 radical (unpaired) electrons. The number of allylic oxidation sites excluding steroid dienone is 16. The van der Waals surface area contributed by atoms with E-state index in [1.807, 2.05) is 115 Å². The molecule has 0 aromatic heterocycles. The molecule has 0 saturated carbocycles. The molecule has 4 aliphatic carbocycles. The van der Waals surface area contributed by atoms with Gasteiger partial charge in [0.05, 0.1) is 0 Å². The van der Waals surface area contributed by atoms with Gasteiger partial charge in [-0.3, -0.25) is 9.59 Å². The fraction of sp³-hybridized carbons (Fsp3) is 0.0820. The van der Waals surface area contributed by atoms with E-state index in [4.69, 9.17) is 4.74 Å². The maximum Gasteiger partial charge on any atom is 0.195 e. The Morgan fingerprint density at radius 3 is 1.39 bits per heavy atom. The van der Waals surface area contributed by atoms with E-state index in [0.29, 0.717) is 28.2 Å². The number of hydrogen-bond donors (Lipinski definition) is 0. The normalized spacial score (nSPS) is 15.8. The average molecular weight is 825 g/mol. The van der Waals surface area contributed by atoms with Crippen LogP contribution in [0, 0.1) is 20.8 Å². The van der Waals surface area contributed by atoms with Gasteiger partial charge < -0.3 is 4.74 Å². The largest absolute Gasteiger partial charge is 0.457 e. The number of carbonyl (C=O) groups excluding carboxylic acids is 2. The minimum absolute atomic E-state index is 0.00400. The van der Waals surface area contributed by atoms with E-state index < -0.39 is 0 Å². The van der Waals surface area contributed by atoms with Crippen LogP contribution in [0.1, 0.15) is 62.9 Å². The Kier molecular flexibility index (Phi) is 10.6. The van der Waals surface area contributed by atoms with Crippen molar-refractivity contribution >= 4 is 45.0 Å². The van der Waals surface area contributed by atoms with Crippen LogP contribution in [0.25, 0.3) is 33.4 Å². The summed E-state index contributed by atoms with van der Waals surface area (Å²) in [6.07, 6.45) is 13.9. The van der Waals surface area contributed by atoms with Gasteiger partial charge in [0, 0.05) is 44.6 Å². The van der Waals surface area contributed by atoms with Crippen LogP contribution in [-0.4, -0.2) is 11.6 Å². The number of Topliss-reactive ketones (excluding diaryl/α,β-unsaturated/α-hetero) is 2. The minimum atomic E-state index is 0.00400. The Bertz CT molecular complexity index is 3220. The predicted molar refractivity (Wildman–Crippen MR) is 261 cm³/mol. The average Bonchev–Trinajstić information content (AvgIpc) is 3.81. The summed E-state index contributed by atoms with van der Waals surface area (Å²) in [7, 11) is 0. The molecule has 0 heterocycles. The monoisotopic (exact) mass is 824 g/mol. The van der Waals surface area contributed by atoms with Gasteiger partial charge >= 0.3 is 0 Å². The summed E-state index contributed by atoms with van der Waals surface area (Å²) < 4.78 is 6.54. The van der Waals surface area contributed by atoms with E-state index >= 15 is 0 Å². The van der Waals surface area contributed by atoms with Crippen LogP contribution in [0.15, 0.2) is 222 Å². The van der Waals surface area contributed by atoms with Crippen LogP contribution in [0.5, 0.6) is 11.5 Å². The number of benzene rings is 6. The Hall–Kier alpha value is -8.06. The van der Waals surface area contributed by atoms with Crippen LogP contribution in [0.3, 0.4) is 0 Å². The SMILES string of the molecule is Cc1ccc(C2=C(C3=CCCC=C3)C(=O)C(C3=CC=C=C=C3)=C2c2ccc(Oc3ccc(C4=C(c5ccccc5)C(=O)C(c5ccccc5)=C4c4cc(C)cc(C)c4)cc3)cc2)cc1. The van der Waals surface area contributed by atoms with E-state index in [9.17, 15) is 9.59 Å². The summed E-state index contributed by atoms with van der Waals surface area (Å²) in [6.45, 7) is 6.28. The van der Waals surface area contributed by atoms with Crippen LogP contribution in [-0.2, 0) is 9.59 Å². The summed E-state index contributed by atoms with van der Waals surface area (Å²) in [5.74, 6) is 1.33. The highest BCUT2D eigenvalue weighted by Gasteiger charge is 2.37. The van der Waals surface area contributed by atoms with Gasteiger partial charge in [-0.1, -0.05) is 174 Å². The van der Waals surface area contributed by atoms with Crippen LogP contribution in [0.4, 0.5) is 0 Å². The van der Waals surface area contributed by atoms with Crippen molar-refractivity contribution in [2.24, 2.45) is 0 Å². The van der Waals surface area contributed by atoms with Crippen molar-refractivity contribution in [2.45, 2.75) is 33.6 Å². The van der Waals surface area contributed by atoms with E-state index in [0.717, 1.165) is 102 Å².